The van der Waals surface area contributed by atoms with Crippen molar-refractivity contribution >= 4 is 10.8 Å². The van der Waals surface area contributed by atoms with Crippen LogP contribution in [0, 0.1) is 0 Å². The zero-order valence-corrected chi connectivity index (χ0v) is 13.9. The lowest BCUT2D eigenvalue weighted by atomic mass is 10.0. The highest BCUT2D eigenvalue weighted by Gasteiger charge is 2.29. The molecule has 1 aliphatic rings. The summed E-state index contributed by atoms with van der Waals surface area (Å²) in [5.41, 5.74) is 1.23. The van der Waals surface area contributed by atoms with Crippen molar-refractivity contribution in [2.45, 2.75) is 50.5 Å². The van der Waals surface area contributed by atoms with Crippen LogP contribution in [0.15, 0.2) is 30.3 Å². The van der Waals surface area contributed by atoms with E-state index in [1.54, 1.807) is 0 Å². The fraction of sp³-hybridized carbons (Fsp3) is 0.647. The molecule has 1 aromatic rings. The van der Waals surface area contributed by atoms with E-state index in [2.05, 4.69) is 43.4 Å². The Morgan fingerprint density at radius 1 is 1.33 bits per heavy atom. The van der Waals surface area contributed by atoms with Crippen LogP contribution in [0.5, 0.6) is 0 Å². The number of hydrogen-bond donors (Lipinski definition) is 1. The minimum absolute atomic E-state index is 0.136. The molecule has 1 fully saturated rings. The number of nitrogens with one attached hydrogen (secondary N) is 1. The van der Waals surface area contributed by atoms with Gasteiger partial charge in [0.25, 0.3) is 0 Å². The standard InChI is InChI=1S/C17H27NO2S/c1-3-16(21(19)13-15-11-8-12-20-15)17(18-4-2)14-9-6-5-7-10-14/h5-7,9-10,15-18H,3-4,8,11-13H2,1-2H3. The van der Waals surface area contributed by atoms with Crippen molar-refractivity contribution in [2.75, 3.05) is 18.9 Å². The third kappa shape index (κ3) is 4.63. The smallest absolute Gasteiger partial charge is 0.0691 e. The Hall–Kier alpha value is -0.710. The summed E-state index contributed by atoms with van der Waals surface area (Å²) in [4.78, 5) is 0. The first-order valence-electron chi connectivity index (χ1n) is 8.03. The van der Waals surface area contributed by atoms with E-state index in [1.165, 1.54) is 5.56 Å². The predicted octanol–water partition coefficient (Wildman–Crippen LogP) is 3.04. The number of hydrogen-bond acceptors (Lipinski definition) is 3. The van der Waals surface area contributed by atoms with E-state index >= 15 is 0 Å². The third-order valence-corrected chi connectivity index (χ3v) is 6.05. The van der Waals surface area contributed by atoms with Crippen LogP contribution in [0.4, 0.5) is 0 Å². The van der Waals surface area contributed by atoms with E-state index in [0.29, 0.717) is 5.75 Å². The highest BCUT2D eigenvalue weighted by Crippen LogP contribution is 2.25. The summed E-state index contributed by atoms with van der Waals surface area (Å²) in [6, 6.07) is 10.5. The molecule has 1 aromatic carbocycles. The lowest BCUT2D eigenvalue weighted by Gasteiger charge is -2.27. The van der Waals surface area contributed by atoms with Gasteiger partial charge >= 0.3 is 0 Å². The van der Waals surface area contributed by atoms with Crippen LogP contribution in [-0.2, 0) is 15.5 Å². The van der Waals surface area contributed by atoms with E-state index < -0.39 is 10.8 Å². The Bertz CT molecular complexity index is 432. The van der Waals surface area contributed by atoms with Gasteiger partial charge < -0.3 is 10.1 Å². The van der Waals surface area contributed by atoms with Gasteiger partial charge in [-0.05, 0) is 31.4 Å². The highest BCUT2D eigenvalue weighted by molar-refractivity contribution is 7.85. The molecule has 4 atom stereocenters. The summed E-state index contributed by atoms with van der Waals surface area (Å²) in [6.45, 7) is 5.94. The molecule has 118 valence electrons. The van der Waals surface area contributed by atoms with Crippen LogP contribution < -0.4 is 5.32 Å². The van der Waals surface area contributed by atoms with Gasteiger partial charge in [-0.2, -0.15) is 0 Å². The maximum Gasteiger partial charge on any atom is 0.0691 e. The van der Waals surface area contributed by atoms with Gasteiger partial charge in [0.2, 0.25) is 0 Å². The second-order valence-corrected chi connectivity index (χ2v) is 7.28. The first kappa shape index (κ1) is 16.7. The molecule has 0 bridgehead atoms. The van der Waals surface area contributed by atoms with E-state index in [1.807, 2.05) is 6.07 Å². The molecule has 1 N–H and O–H groups in total. The molecule has 0 spiro atoms. The molecule has 0 saturated carbocycles. The lowest BCUT2D eigenvalue weighted by molar-refractivity contribution is 0.128. The van der Waals surface area contributed by atoms with Gasteiger partial charge in [0.1, 0.15) is 0 Å². The molecule has 3 nitrogen and oxygen atoms in total. The lowest BCUT2D eigenvalue weighted by Crippen LogP contribution is -2.37. The van der Waals surface area contributed by atoms with Crippen molar-refractivity contribution in [3.8, 4) is 0 Å². The molecule has 1 heterocycles. The van der Waals surface area contributed by atoms with Crippen LogP contribution in [0.25, 0.3) is 0 Å². The molecule has 1 aliphatic heterocycles. The molecule has 2 rings (SSSR count). The maximum absolute atomic E-state index is 12.8. The molecule has 0 radical (unpaired) electrons. The molecule has 1 saturated heterocycles. The highest BCUT2D eigenvalue weighted by atomic mass is 32.2. The summed E-state index contributed by atoms with van der Waals surface area (Å²) in [6.07, 6.45) is 3.26. The Labute approximate surface area is 130 Å². The van der Waals surface area contributed by atoms with Crippen LogP contribution in [0.3, 0.4) is 0 Å². The van der Waals surface area contributed by atoms with Crippen molar-refractivity contribution in [1.29, 1.82) is 0 Å². The van der Waals surface area contributed by atoms with Gasteiger partial charge in [0, 0.05) is 23.4 Å². The summed E-state index contributed by atoms with van der Waals surface area (Å²) >= 11 is 0. The summed E-state index contributed by atoms with van der Waals surface area (Å²) in [5.74, 6) is 0.674. The van der Waals surface area contributed by atoms with Crippen molar-refractivity contribution in [1.82, 2.24) is 5.32 Å². The first-order valence-corrected chi connectivity index (χ1v) is 9.41. The number of ether oxygens (including phenoxy) is 1. The topological polar surface area (TPSA) is 38.3 Å². The molecular formula is C17H27NO2S. The largest absolute Gasteiger partial charge is 0.377 e. The predicted molar refractivity (Wildman–Crippen MR) is 88.9 cm³/mol. The average molecular weight is 309 g/mol. The Morgan fingerprint density at radius 2 is 2.10 bits per heavy atom. The minimum Gasteiger partial charge on any atom is -0.377 e. The van der Waals surface area contributed by atoms with Crippen molar-refractivity contribution in [3.63, 3.8) is 0 Å². The molecular weight excluding hydrogens is 282 g/mol. The molecule has 4 heteroatoms. The quantitative estimate of drug-likeness (QED) is 0.802. The van der Waals surface area contributed by atoms with Crippen molar-refractivity contribution in [3.05, 3.63) is 35.9 Å². The summed E-state index contributed by atoms with van der Waals surface area (Å²) in [7, 11) is -0.867. The minimum atomic E-state index is -0.867. The Kier molecular flexibility index (Phi) is 6.87. The normalized spacial score (nSPS) is 22.9. The summed E-state index contributed by atoms with van der Waals surface area (Å²) in [5, 5.41) is 3.66. The molecule has 0 aromatic heterocycles. The Morgan fingerprint density at radius 3 is 2.67 bits per heavy atom. The summed E-state index contributed by atoms with van der Waals surface area (Å²) < 4.78 is 18.5. The van der Waals surface area contributed by atoms with E-state index in [0.717, 1.165) is 32.4 Å². The van der Waals surface area contributed by atoms with Gasteiger partial charge in [-0.1, -0.05) is 44.2 Å². The van der Waals surface area contributed by atoms with Crippen LogP contribution in [0.2, 0.25) is 0 Å². The van der Waals surface area contributed by atoms with Crippen LogP contribution in [0.1, 0.15) is 44.7 Å². The van der Waals surface area contributed by atoms with E-state index in [4.69, 9.17) is 4.74 Å². The van der Waals surface area contributed by atoms with Gasteiger partial charge in [0.05, 0.1) is 17.1 Å². The monoisotopic (exact) mass is 309 g/mol. The third-order valence-electron chi connectivity index (χ3n) is 4.07. The zero-order chi connectivity index (χ0) is 15.1. The van der Waals surface area contributed by atoms with E-state index in [-0.39, 0.29) is 17.4 Å². The van der Waals surface area contributed by atoms with Gasteiger partial charge in [0.15, 0.2) is 0 Å². The fourth-order valence-electron chi connectivity index (χ4n) is 3.00. The number of rotatable bonds is 8. The zero-order valence-electron chi connectivity index (χ0n) is 13.1. The van der Waals surface area contributed by atoms with Crippen molar-refractivity contribution < 1.29 is 8.95 Å². The second-order valence-electron chi connectivity index (χ2n) is 5.58. The average Bonchev–Trinajstić information content (AvgIpc) is 3.01. The SMILES string of the molecule is CCNC(c1ccccc1)C(CC)S(=O)CC1CCCO1. The van der Waals surface area contributed by atoms with Gasteiger partial charge in [-0.25, -0.2) is 0 Å². The maximum atomic E-state index is 12.8. The number of benzene rings is 1. The van der Waals surface area contributed by atoms with Crippen LogP contribution in [-0.4, -0.2) is 34.5 Å². The molecule has 21 heavy (non-hydrogen) atoms. The molecule has 0 amide bonds. The molecule has 0 aliphatic carbocycles. The van der Waals surface area contributed by atoms with Crippen LogP contribution >= 0.6 is 0 Å². The Balaban J connectivity index is 2.09. The first-order chi connectivity index (χ1) is 10.3. The second kappa shape index (κ2) is 8.66. The molecule has 4 unspecified atom stereocenters. The van der Waals surface area contributed by atoms with Crippen molar-refractivity contribution in [2.24, 2.45) is 0 Å². The fourth-order valence-corrected chi connectivity index (χ4v) is 4.81. The van der Waals surface area contributed by atoms with Gasteiger partial charge in [-0.15, -0.1) is 0 Å². The van der Waals surface area contributed by atoms with Gasteiger partial charge in [-0.3, -0.25) is 4.21 Å². The van der Waals surface area contributed by atoms with E-state index in [9.17, 15) is 4.21 Å².